The summed E-state index contributed by atoms with van der Waals surface area (Å²) in [6.45, 7) is 2.02. The van der Waals surface area contributed by atoms with Crippen molar-refractivity contribution in [2.75, 3.05) is 7.11 Å². The highest BCUT2D eigenvalue weighted by Crippen LogP contribution is 2.58. The smallest absolute Gasteiger partial charge is 0.318 e. The third-order valence-electron chi connectivity index (χ3n) is 5.24. The maximum atomic E-state index is 12.3. The van der Waals surface area contributed by atoms with Crippen molar-refractivity contribution in [2.45, 2.75) is 63.6 Å². The largest absolute Gasteiger partial charge is 0.468 e. The molecule has 3 rings (SSSR count). The maximum Gasteiger partial charge on any atom is 0.318 e. The number of ether oxygens (including phenoxy) is 2. The lowest BCUT2D eigenvalue weighted by Crippen LogP contribution is -2.49. The van der Waals surface area contributed by atoms with Crippen LogP contribution in [0.5, 0.6) is 0 Å². The van der Waals surface area contributed by atoms with Crippen LogP contribution in [0, 0.1) is 11.3 Å². The molecule has 1 spiro atoms. The first kappa shape index (κ1) is 13.1. The van der Waals surface area contributed by atoms with Gasteiger partial charge in [-0.05, 0) is 26.2 Å². The van der Waals surface area contributed by atoms with E-state index in [9.17, 15) is 9.59 Å². The van der Waals surface area contributed by atoms with Crippen molar-refractivity contribution >= 4 is 11.8 Å². The predicted octanol–water partition coefficient (Wildman–Crippen LogP) is 2.25. The van der Waals surface area contributed by atoms with Gasteiger partial charge in [0.15, 0.2) is 5.78 Å². The number of carbonyl (C=O) groups is 2. The molecule has 0 amide bonds. The summed E-state index contributed by atoms with van der Waals surface area (Å²) in [5, 5.41) is 0. The minimum Gasteiger partial charge on any atom is -0.468 e. The van der Waals surface area contributed by atoms with Crippen LogP contribution in [0.25, 0.3) is 0 Å². The first-order valence-corrected chi connectivity index (χ1v) is 7.28. The summed E-state index contributed by atoms with van der Waals surface area (Å²) in [5.74, 6) is -1.10. The van der Waals surface area contributed by atoms with E-state index in [1.807, 2.05) is 6.92 Å². The van der Waals surface area contributed by atoms with Crippen LogP contribution in [0.3, 0.4) is 0 Å². The first-order chi connectivity index (χ1) is 9.00. The van der Waals surface area contributed by atoms with Crippen LogP contribution < -0.4 is 0 Å². The lowest BCUT2D eigenvalue weighted by atomic mass is 9.66. The summed E-state index contributed by atoms with van der Waals surface area (Å²) >= 11 is 0. The fraction of sp³-hybridized carbons (Fsp3) is 0.867. The van der Waals surface area contributed by atoms with Gasteiger partial charge in [-0.2, -0.15) is 0 Å². The van der Waals surface area contributed by atoms with E-state index in [1.165, 1.54) is 26.4 Å². The van der Waals surface area contributed by atoms with Crippen molar-refractivity contribution in [2.24, 2.45) is 11.3 Å². The van der Waals surface area contributed by atoms with Gasteiger partial charge in [-0.1, -0.05) is 19.3 Å². The minimum absolute atomic E-state index is 0.00745. The number of rotatable bonds is 1. The fourth-order valence-electron chi connectivity index (χ4n) is 4.59. The average molecular weight is 266 g/mol. The van der Waals surface area contributed by atoms with E-state index >= 15 is 0 Å². The van der Waals surface area contributed by atoms with E-state index in [-0.39, 0.29) is 22.9 Å². The standard InChI is InChI=1S/C15H22O4/c1-14-8-10(16)11(13(17)18-2)12(19-14)15(9-14)6-4-3-5-7-15/h11-12H,3-9H2,1-2H3/t11?,12-,14+/m1/s1. The van der Waals surface area contributed by atoms with Crippen LogP contribution in [0.2, 0.25) is 0 Å². The Morgan fingerprint density at radius 1 is 1.32 bits per heavy atom. The third-order valence-corrected chi connectivity index (χ3v) is 5.24. The van der Waals surface area contributed by atoms with Crippen molar-refractivity contribution < 1.29 is 19.1 Å². The van der Waals surface area contributed by atoms with E-state index in [1.54, 1.807) is 0 Å². The summed E-state index contributed by atoms with van der Waals surface area (Å²) in [4.78, 5) is 24.3. The topological polar surface area (TPSA) is 52.6 Å². The molecular weight excluding hydrogens is 244 g/mol. The lowest BCUT2D eigenvalue weighted by Gasteiger charge is -2.39. The molecule has 1 saturated carbocycles. The minimum atomic E-state index is -0.696. The zero-order valence-electron chi connectivity index (χ0n) is 11.7. The summed E-state index contributed by atoms with van der Waals surface area (Å²) in [6, 6.07) is 0. The summed E-state index contributed by atoms with van der Waals surface area (Å²) in [7, 11) is 1.35. The molecule has 4 nitrogen and oxygen atoms in total. The normalized spacial score (nSPS) is 40.4. The second kappa shape index (κ2) is 4.30. The summed E-state index contributed by atoms with van der Waals surface area (Å²) < 4.78 is 11.0. The number of hydrogen-bond acceptors (Lipinski definition) is 4. The van der Waals surface area contributed by atoms with E-state index in [0.29, 0.717) is 6.42 Å². The number of fused-ring (bicyclic) bond motifs is 3. The molecule has 3 atom stereocenters. The van der Waals surface area contributed by atoms with Gasteiger partial charge in [0.1, 0.15) is 5.92 Å². The Bertz CT molecular complexity index is 410. The van der Waals surface area contributed by atoms with E-state index in [2.05, 4.69) is 0 Å². The average Bonchev–Trinajstić information content (AvgIpc) is 2.58. The Labute approximate surface area is 113 Å². The van der Waals surface area contributed by atoms with Gasteiger partial charge in [0.05, 0.1) is 18.8 Å². The van der Waals surface area contributed by atoms with Gasteiger partial charge in [-0.3, -0.25) is 9.59 Å². The van der Waals surface area contributed by atoms with E-state index in [0.717, 1.165) is 19.3 Å². The van der Waals surface area contributed by atoms with Crippen LogP contribution in [0.15, 0.2) is 0 Å². The second-order valence-electron chi connectivity index (χ2n) is 6.73. The van der Waals surface area contributed by atoms with Gasteiger partial charge in [-0.15, -0.1) is 0 Å². The van der Waals surface area contributed by atoms with E-state index < -0.39 is 11.9 Å². The molecule has 1 aliphatic carbocycles. The predicted molar refractivity (Wildman–Crippen MR) is 68.5 cm³/mol. The summed E-state index contributed by atoms with van der Waals surface area (Å²) in [6.07, 6.45) is 6.78. The van der Waals surface area contributed by atoms with Crippen LogP contribution in [0.4, 0.5) is 0 Å². The molecule has 0 aromatic carbocycles. The van der Waals surface area contributed by atoms with Crippen molar-refractivity contribution in [1.29, 1.82) is 0 Å². The number of ketones is 1. The molecule has 106 valence electrons. The van der Waals surface area contributed by atoms with Crippen LogP contribution in [-0.4, -0.2) is 30.6 Å². The third kappa shape index (κ3) is 1.92. The molecule has 2 heterocycles. The molecule has 3 fully saturated rings. The fourth-order valence-corrected chi connectivity index (χ4v) is 4.59. The Morgan fingerprint density at radius 3 is 2.63 bits per heavy atom. The van der Waals surface area contributed by atoms with Gasteiger partial charge < -0.3 is 9.47 Å². The van der Waals surface area contributed by atoms with Crippen LogP contribution >= 0.6 is 0 Å². The van der Waals surface area contributed by atoms with Crippen LogP contribution in [-0.2, 0) is 19.1 Å². The van der Waals surface area contributed by atoms with E-state index in [4.69, 9.17) is 9.47 Å². The second-order valence-corrected chi connectivity index (χ2v) is 6.73. The molecule has 0 N–H and O–H groups in total. The highest BCUT2D eigenvalue weighted by molar-refractivity contribution is 6.01. The summed E-state index contributed by atoms with van der Waals surface area (Å²) in [5.41, 5.74) is -0.332. The Balaban J connectivity index is 1.96. The highest BCUT2D eigenvalue weighted by atomic mass is 16.5. The Hall–Kier alpha value is -0.900. The molecule has 3 aliphatic rings. The van der Waals surface area contributed by atoms with Gasteiger partial charge in [0.25, 0.3) is 0 Å². The van der Waals surface area contributed by atoms with Crippen molar-refractivity contribution in [1.82, 2.24) is 0 Å². The molecule has 0 aromatic rings. The molecular formula is C15H22O4. The molecule has 19 heavy (non-hydrogen) atoms. The van der Waals surface area contributed by atoms with Crippen molar-refractivity contribution in [3.05, 3.63) is 0 Å². The molecule has 1 unspecified atom stereocenters. The zero-order valence-corrected chi connectivity index (χ0v) is 11.7. The number of methoxy groups -OCH3 is 1. The van der Waals surface area contributed by atoms with Crippen LogP contribution in [0.1, 0.15) is 51.9 Å². The number of esters is 1. The first-order valence-electron chi connectivity index (χ1n) is 7.28. The van der Waals surface area contributed by atoms with Gasteiger partial charge in [0.2, 0.25) is 0 Å². The Morgan fingerprint density at radius 2 is 2.00 bits per heavy atom. The molecule has 0 aromatic heterocycles. The number of carbonyl (C=O) groups excluding carboxylic acids is 2. The highest BCUT2D eigenvalue weighted by Gasteiger charge is 2.63. The molecule has 4 heteroatoms. The lowest BCUT2D eigenvalue weighted by molar-refractivity contribution is -0.172. The number of Topliss-reactive ketones (excluding diaryl/α,β-unsaturated/α-hetero) is 1. The SMILES string of the molecule is COC(=O)C1C(=O)C[C@@]2(C)CC3(CCCCC3)[C@@H]1O2. The molecule has 2 aliphatic heterocycles. The van der Waals surface area contributed by atoms with Gasteiger partial charge in [-0.25, -0.2) is 0 Å². The van der Waals surface area contributed by atoms with Crippen molar-refractivity contribution in [3.63, 3.8) is 0 Å². The Kier molecular flexibility index (Phi) is 2.97. The maximum absolute atomic E-state index is 12.3. The van der Waals surface area contributed by atoms with Crippen molar-refractivity contribution in [3.8, 4) is 0 Å². The van der Waals surface area contributed by atoms with Gasteiger partial charge in [0, 0.05) is 11.8 Å². The molecule has 2 saturated heterocycles. The quantitative estimate of drug-likeness (QED) is 0.539. The van der Waals surface area contributed by atoms with Gasteiger partial charge >= 0.3 is 5.97 Å². The molecule has 0 radical (unpaired) electrons. The number of hydrogen-bond donors (Lipinski definition) is 0. The molecule has 2 bridgehead atoms. The zero-order chi connectivity index (χ0) is 13.7. The monoisotopic (exact) mass is 266 g/mol.